The Labute approximate surface area is 96.7 Å². The molecule has 1 aliphatic heterocycles. The first-order valence-electron chi connectivity index (χ1n) is 5.31. The standard InChI is InChI=1S/C10H13F3N4/c11-10(12,13)6-17-2-1-8-7(5-17)4-15-9(3-14)16-8/h4H,1-3,5-6,14H2. The van der Waals surface area contributed by atoms with Gasteiger partial charge in [0.05, 0.1) is 13.1 Å². The first-order chi connectivity index (χ1) is 7.98. The molecule has 0 saturated carbocycles. The van der Waals surface area contributed by atoms with Crippen LogP contribution in [0.2, 0.25) is 0 Å². The third-order valence-corrected chi connectivity index (χ3v) is 2.65. The van der Waals surface area contributed by atoms with Gasteiger partial charge in [0.1, 0.15) is 5.82 Å². The molecule has 0 fully saturated rings. The van der Waals surface area contributed by atoms with Gasteiger partial charge in [-0.2, -0.15) is 13.2 Å². The molecule has 2 heterocycles. The number of hydrogen-bond acceptors (Lipinski definition) is 4. The number of hydrogen-bond donors (Lipinski definition) is 1. The second-order valence-corrected chi connectivity index (χ2v) is 4.04. The molecule has 0 saturated heterocycles. The number of nitrogens with zero attached hydrogens (tertiary/aromatic N) is 3. The first kappa shape index (κ1) is 12.3. The van der Waals surface area contributed by atoms with Crippen molar-refractivity contribution in [3.8, 4) is 0 Å². The van der Waals surface area contributed by atoms with Crippen molar-refractivity contribution in [3.63, 3.8) is 0 Å². The molecule has 0 amide bonds. The molecule has 0 aliphatic carbocycles. The zero-order valence-corrected chi connectivity index (χ0v) is 9.17. The van der Waals surface area contributed by atoms with Crippen LogP contribution < -0.4 is 5.73 Å². The summed E-state index contributed by atoms with van der Waals surface area (Å²) in [5.41, 5.74) is 6.99. The quantitative estimate of drug-likeness (QED) is 0.840. The third kappa shape index (κ3) is 3.13. The van der Waals surface area contributed by atoms with Crippen molar-refractivity contribution in [1.82, 2.24) is 14.9 Å². The minimum Gasteiger partial charge on any atom is -0.324 e. The van der Waals surface area contributed by atoms with Crippen molar-refractivity contribution in [2.45, 2.75) is 25.7 Å². The normalized spacial score (nSPS) is 16.9. The molecule has 0 aromatic carbocycles. The topological polar surface area (TPSA) is 55.0 Å². The van der Waals surface area contributed by atoms with Gasteiger partial charge in [-0.25, -0.2) is 9.97 Å². The Bertz CT molecular complexity index is 405. The maximum atomic E-state index is 12.2. The van der Waals surface area contributed by atoms with Crippen LogP contribution in [-0.4, -0.2) is 34.1 Å². The molecular formula is C10H13F3N4. The van der Waals surface area contributed by atoms with Crippen LogP contribution in [-0.2, 0) is 19.5 Å². The summed E-state index contributed by atoms with van der Waals surface area (Å²) in [5, 5.41) is 0. The lowest BCUT2D eigenvalue weighted by molar-refractivity contribution is -0.147. The number of rotatable bonds is 2. The van der Waals surface area contributed by atoms with E-state index in [1.165, 1.54) is 4.90 Å². The molecule has 0 bridgehead atoms. The molecule has 4 nitrogen and oxygen atoms in total. The summed E-state index contributed by atoms with van der Waals surface area (Å²) in [6.45, 7) is -0.0160. The Morgan fingerprint density at radius 3 is 2.82 bits per heavy atom. The van der Waals surface area contributed by atoms with Crippen LogP contribution in [0.4, 0.5) is 13.2 Å². The zero-order valence-electron chi connectivity index (χ0n) is 9.17. The molecule has 0 atom stereocenters. The van der Waals surface area contributed by atoms with E-state index >= 15 is 0 Å². The van der Waals surface area contributed by atoms with Gasteiger partial charge in [-0.3, -0.25) is 4.90 Å². The second-order valence-electron chi connectivity index (χ2n) is 4.04. The molecular weight excluding hydrogens is 233 g/mol. The molecule has 7 heteroatoms. The van der Waals surface area contributed by atoms with Crippen molar-refractivity contribution < 1.29 is 13.2 Å². The monoisotopic (exact) mass is 246 g/mol. The van der Waals surface area contributed by atoms with Gasteiger partial charge < -0.3 is 5.73 Å². The van der Waals surface area contributed by atoms with E-state index in [9.17, 15) is 13.2 Å². The Balaban J connectivity index is 2.09. The number of aromatic nitrogens is 2. The fraction of sp³-hybridized carbons (Fsp3) is 0.600. The van der Waals surface area contributed by atoms with Gasteiger partial charge in [0.25, 0.3) is 0 Å². The SMILES string of the molecule is NCc1ncc2c(n1)CCN(CC(F)(F)F)C2. The van der Waals surface area contributed by atoms with Crippen LogP contribution in [0.15, 0.2) is 6.20 Å². The number of alkyl halides is 3. The highest BCUT2D eigenvalue weighted by atomic mass is 19.4. The predicted octanol–water partition coefficient (Wildman–Crippen LogP) is 0.856. The Kier molecular flexibility index (Phi) is 3.30. The molecule has 0 radical (unpaired) electrons. The van der Waals surface area contributed by atoms with Gasteiger partial charge in [0.2, 0.25) is 0 Å². The lowest BCUT2D eigenvalue weighted by atomic mass is 10.1. The molecule has 94 valence electrons. The van der Waals surface area contributed by atoms with Crippen molar-refractivity contribution in [2.24, 2.45) is 5.73 Å². The van der Waals surface area contributed by atoms with E-state index in [0.29, 0.717) is 18.8 Å². The van der Waals surface area contributed by atoms with Crippen molar-refractivity contribution >= 4 is 0 Å². The number of halogens is 3. The van der Waals surface area contributed by atoms with Crippen LogP contribution in [0.5, 0.6) is 0 Å². The largest absolute Gasteiger partial charge is 0.401 e. The average molecular weight is 246 g/mol. The fourth-order valence-corrected chi connectivity index (χ4v) is 1.90. The maximum Gasteiger partial charge on any atom is 0.401 e. The van der Waals surface area contributed by atoms with Gasteiger partial charge >= 0.3 is 6.18 Å². The Morgan fingerprint density at radius 2 is 2.18 bits per heavy atom. The van der Waals surface area contributed by atoms with Crippen LogP contribution in [0.3, 0.4) is 0 Å². The van der Waals surface area contributed by atoms with E-state index in [4.69, 9.17) is 5.73 Å². The summed E-state index contributed by atoms with van der Waals surface area (Å²) >= 11 is 0. The smallest absolute Gasteiger partial charge is 0.324 e. The molecule has 1 aliphatic rings. The lowest BCUT2D eigenvalue weighted by Gasteiger charge is -2.28. The average Bonchev–Trinajstić information content (AvgIpc) is 2.26. The highest BCUT2D eigenvalue weighted by Crippen LogP contribution is 2.22. The summed E-state index contributed by atoms with van der Waals surface area (Å²) in [5.74, 6) is 0.535. The van der Waals surface area contributed by atoms with Crippen LogP contribution >= 0.6 is 0 Å². The zero-order chi connectivity index (χ0) is 12.5. The van der Waals surface area contributed by atoms with E-state index in [-0.39, 0.29) is 13.1 Å². The minimum atomic E-state index is -4.16. The van der Waals surface area contributed by atoms with E-state index in [1.807, 2.05) is 0 Å². The molecule has 2 N–H and O–H groups in total. The van der Waals surface area contributed by atoms with Gasteiger partial charge in [-0.1, -0.05) is 0 Å². The van der Waals surface area contributed by atoms with Crippen molar-refractivity contribution in [1.29, 1.82) is 0 Å². The number of fused-ring (bicyclic) bond motifs is 1. The van der Waals surface area contributed by atoms with E-state index < -0.39 is 12.7 Å². The van der Waals surface area contributed by atoms with Gasteiger partial charge in [-0.05, 0) is 0 Å². The lowest BCUT2D eigenvalue weighted by Crippen LogP contribution is -2.38. The summed E-state index contributed by atoms with van der Waals surface area (Å²) in [6.07, 6.45) is -2.07. The molecule has 1 aromatic heterocycles. The van der Waals surface area contributed by atoms with Crippen LogP contribution in [0, 0.1) is 0 Å². The second kappa shape index (κ2) is 4.58. The van der Waals surface area contributed by atoms with Gasteiger partial charge in [0, 0.05) is 37.0 Å². The molecule has 2 rings (SSSR count). The summed E-state index contributed by atoms with van der Waals surface area (Å²) in [7, 11) is 0. The Hall–Kier alpha value is -1.21. The summed E-state index contributed by atoms with van der Waals surface area (Å²) in [6, 6.07) is 0. The first-order valence-corrected chi connectivity index (χ1v) is 5.31. The Morgan fingerprint density at radius 1 is 1.41 bits per heavy atom. The maximum absolute atomic E-state index is 12.2. The van der Waals surface area contributed by atoms with Gasteiger partial charge in [0.15, 0.2) is 0 Å². The molecule has 17 heavy (non-hydrogen) atoms. The molecule has 0 unspecified atom stereocenters. The predicted molar refractivity (Wildman–Crippen MR) is 55.0 cm³/mol. The van der Waals surface area contributed by atoms with Crippen molar-refractivity contribution in [2.75, 3.05) is 13.1 Å². The van der Waals surface area contributed by atoms with Crippen molar-refractivity contribution in [3.05, 3.63) is 23.3 Å². The summed E-state index contributed by atoms with van der Waals surface area (Å²) in [4.78, 5) is 9.57. The number of nitrogens with two attached hydrogens (primary N) is 1. The molecule has 1 aromatic rings. The highest BCUT2D eigenvalue weighted by molar-refractivity contribution is 5.20. The van der Waals surface area contributed by atoms with Crippen LogP contribution in [0.25, 0.3) is 0 Å². The van der Waals surface area contributed by atoms with E-state index in [2.05, 4.69) is 9.97 Å². The molecule has 0 spiro atoms. The fourth-order valence-electron chi connectivity index (χ4n) is 1.90. The minimum absolute atomic E-state index is 0.250. The van der Waals surface area contributed by atoms with E-state index in [0.717, 1.165) is 11.3 Å². The third-order valence-electron chi connectivity index (χ3n) is 2.65. The van der Waals surface area contributed by atoms with Crippen LogP contribution in [0.1, 0.15) is 17.1 Å². The van der Waals surface area contributed by atoms with E-state index in [1.54, 1.807) is 6.20 Å². The van der Waals surface area contributed by atoms with Gasteiger partial charge in [-0.15, -0.1) is 0 Å². The highest BCUT2D eigenvalue weighted by Gasteiger charge is 2.32. The summed E-state index contributed by atoms with van der Waals surface area (Å²) < 4.78 is 36.7.